The van der Waals surface area contributed by atoms with Gasteiger partial charge in [-0.3, -0.25) is 4.79 Å². The molecule has 1 atom stereocenters. The molecular formula is C11H12BrF2NO2. The minimum atomic E-state index is -1.08. The standard InChI is InChI=1S/C11H12BrF2NO2/c1-2-17-11(16)9(15)5-6-8(13)4-3-7(12)10(6)14/h3-4,9H,2,5,15H2,1H3. The van der Waals surface area contributed by atoms with Gasteiger partial charge in [-0.25, -0.2) is 8.78 Å². The maximum atomic E-state index is 13.6. The summed E-state index contributed by atoms with van der Waals surface area (Å²) < 4.78 is 31.7. The number of ether oxygens (including phenoxy) is 1. The van der Waals surface area contributed by atoms with Crippen LogP contribution in [0.25, 0.3) is 0 Å². The van der Waals surface area contributed by atoms with Gasteiger partial charge in [0.2, 0.25) is 0 Å². The predicted octanol–water partition coefficient (Wildman–Crippen LogP) is 2.16. The van der Waals surface area contributed by atoms with Crippen molar-refractivity contribution in [3.8, 4) is 0 Å². The zero-order valence-electron chi connectivity index (χ0n) is 9.17. The van der Waals surface area contributed by atoms with Crippen molar-refractivity contribution in [2.24, 2.45) is 5.73 Å². The Balaban J connectivity index is 2.88. The molecule has 0 saturated heterocycles. The molecule has 0 heterocycles. The second-order valence-corrected chi connectivity index (χ2v) is 4.24. The minimum Gasteiger partial charge on any atom is -0.465 e. The van der Waals surface area contributed by atoms with Gasteiger partial charge in [-0.2, -0.15) is 0 Å². The molecule has 0 fully saturated rings. The number of nitrogens with two attached hydrogens (primary N) is 1. The topological polar surface area (TPSA) is 52.3 Å². The van der Waals surface area contributed by atoms with Gasteiger partial charge in [0.1, 0.15) is 17.7 Å². The lowest BCUT2D eigenvalue weighted by molar-refractivity contribution is -0.144. The Morgan fingerprint density at radius 2 is 2.18 bits per heavy atom. The number of rotatable bonds is 4. The summed E-state index contributed by atoms with van der Waals surface area (Å²) in [5.41, 5.74) is 5.28. The van der Waals surface area contributed by atoms with E-state index in [1.807, 2.05) is 0 Å². The summed E-state index contributed by atoms with van der Waals surface area (Å²) in [5, 5.41) is 0. The molecule has 0 aliphatic carbocycles. The first-order valence-electron chi connectivity index (χ1n) is 5.02. The average molecular weight is 308 g/mol. The fourth-order valence-electron chi connectivity index (χ4n) is 1.31. The van der Waals surface area contributed by atoms with E-state index in [0.29, 0.717) is 0 Å². The highest BCUT2D eigenvalue weighted by atomic mass is 79.9. The molecule has 17 heavy (non-hydrogen) atoms. The van der Waals surface area contributed by atoms with E-state index in [2.05, 4.69) is 20.7 Å². The zero-order valence-corrected chi connectivity index (χ0v) is 10.8. The van der Waals surface area contributed by atoms with Gasteiger partial charge in [0.25, 0.3) is 0 Å². The maximum Gasteiger partial charge on any atom is 0.323 e. The molecule has 1 aromatic rings. The summed E-state index contributed by atoms with van der Waals surface area (Å²) in [6, 6.07) is 1.29. The van der Waals surface area contributed by atoms with Crippen LogP contribution in [0.2, 0.25) is 0 Å². The first-order valence-corrected chi connectivity index (χ1v) is 5.81. The van der Waals surface area contributed by atoms with Crippen molar-refractivity contribution in [3.05, 3.63) is 33.8 Å². The van der Waals surface area contributed by atoms with E-state index in [1.165, 1.54) is 6.07 Å². The number of hydrogen-bond donors (Lipinski definition) is 1. The second-order valence-electron chi connectivity index (χ2n) is 3.38. The van der Waals surface area contributed by atoms with Gasteiger partial charge in [-0.1, -0.05) is 0 Å². The van der Waals surface area contributed by atoms with Crippen LogP contribution in [0.15, 0.2) is 16.6 Å². The first-order chi connectivity index (χ1) is 7.97. The van der Waals surface area contributed by atoms with Gasteiger partial charge < -0.3 is 10.5 Å². The summed E-state index contributed by atoms with van der Waals surface area (Å²) >= 11 is 2.94. The van der Waals surface area contributed by atoms with Crippen molar-refractivity contribution in [1.82, 2.24) is 0 Å². The van der Waals surface area contributed by atoms with Crippen molar-refractivity contribution in [1.29, 1.82) is 0 Å². The molecule has 0 aliphatic heterocycles. The number of halogens is 3. The Hall–Kier alpha value is -1.01. The Kier molecular flexibility index (Phi) is 5.02. The molecule has 0 aliphatic rings. The molecule has 0 aromatic heterocycles. The Morgan fingerprint density at radius 3 is 2.76 bits per heavy atom. The monoisotopic (exact) mass is 307 g/mol. The molecule has 1 rings (SSSR count). The normalized spacial score (nSPS) is 12.3. The maximum absolute atomic E-state index is 13.6. The minimum absolute atomic E-state index is 0.130. The SMILES string of the molecule is CCOC(=O)C(N)Cc1c(F)ccc(Br)c1F. The van der Waals surface area contributed by atoms with Crippen LogP contribution in [-0.2, 0) is 16.0 Å². The third-order valence-electron chi connectivity index (χ3n) is 2.15. The van der Waals surface area contributed by atoms with E-state index in [-0.39, 0.29) is 23.1 Å². The molecule has 0 radical (unpaired) electrons. The highest BCUT2D eigenvalue weighted by Crippen LogP contribution is 2.22. The molecular weight excluding hydrogens is 296 g/mol. The van der Waals surface area contributed by atoms with Gasteiger partial charge in [-0.05, 0) is 35.0 Å². The van der Waals surface area contributed by atoms with Crippen molar-refractivity contribution >= 4 is 21.9 Å². The summed E-state index contributed by atoms with van der Waals surface area (Å²) in [4.78, 5) is 11.3. The summed E-state index contributed by atoms with van der Waals surface area (Å²) in [6.45, 7) is 1.81. The van der Waals surface area contributed by atoms with Crippen molar-refractivity contribution in [3.63, 3.8) is 0 Å². The number of carbonyl (C=O) groups is 1. The van der Waals surface area contributed by atoms with E-state index < -0.39 is 23.6 Å². The Morgan fingerprint density at radius 1 is 1.53 bits per heavy atom. The highest BCUT2D eigenvalue weighted by molar-refractivity contribution is 9.10. The molecule has 0 amide bonds. The first kappa shape index (κ1) is 14.1. The van der Waals surface area contributed by atoms with Crippen molar-refractivity contribution in [2.75, 3.05) is 6.61 Å². The Labute approximate surface area is 106 Å². The van der Waals surface area contributed by atoms with Gasteiger partial charge in [-0.15, -0.1) is 0 Å². The van der Waals surface area contributed by atoms with Crippen molar-refractivity contribution < 1.29 is 18.3 Å². The third kappa shape index (κ3) is 3.47. The van der Waals surface area contributed by atoms with Crippen LogP contribution >= 0.6 is 15.9 Å². The summed E-state index contributed by atoms with van der Waals surface area (Å²) in [5.74, 6) is -2.15. The lowest BCUT2D eigenvalue weighted by atomic mass is 10.1. The van der Waals surface area contributed by atoms with Crippen LogP contribution in [0.5, 0.6) is 0 Å². The fourth-order valence-corrected chi connectivity index (χ4v) is 1.68. The number of hydrogen-bond acceptors (Lipinski definition) is 3. The van der Waals surface area contributed by atoms with E-state index in [9.17, 15) is 13.6 Å². The van der Waals surface area contributed by atoms with E-state index in [1.54, 1.807) is 6.92 Å². The zero-order chi connectivity index (χ0) is 13.0. The molecule has 0 spiro atoms. The van der Waals surface area contributed by atoms with Crippen molar-refractivity contribution in [2.45, 2.75) is 19.4 Å². The summed E-state index contributed by atoms with van der Waals surface area (Å²) in [6.07, 6.45) is -0.240. The number of benzene rings is 1. The van der Waals surface area contributed by atoms with Gasteiger partial charge in [0, 0.05) is 12.0 Å². The van der Waals surface area contributed by atoms with E-state index >= 15 is 0 Å². The van der Waals surface area contributed by atoms with Crippen LogP contribution in [0.1, 0.15) is 12.5 Å². The predicted molar refractivity (Wildman–Crippen MR) is 62.4 cm³/mol. The lowest BCUT2D eigenvalue weighted by Gasteiger charge is -2.12. The quantitative estimate of drug-likeness (QED) is 0.685. The number of carbonyl (C=O) groups excluding carboxylic acids is 1. The van der Waals surface area contributed by atoms with Crippen LogP contribution in [0, 0.1) is 11.6 Å². The van der Waals surface area contributed by atoms with Crippen LogP contribution < -0.4 is 5.73 Å². The largest absolute Gasteiger partial charge is 0.465 e. The molecule has 6 heteroatoms. The second kappa shape index (κ2) is 6.07. The molecule has 0 saturated carbocycles. The molecule has 1 aromatic carbocycles. The molecule has 94 valence electrons. The van der Waals surface area contributed by atoms with Crippen LogP contribution in [0.3, 0.4) is 0 Å². The fraction of sp³-hybridized carbons (Fsp3) is 0.364. The lowest BCUT2D eigenvalue weighted by Crippen LogP contribution is -2.35. The molecule has 3 nitrogen and oxygen atoms in total. The van der Waals surface area contributed by atoms with Crippen LogP contribution in [0.4, 0.5) is 8.78 Å². The highest BCUT2D eigenvalue weighted by Gasteiger charge is 2.20. The smallest absolute Gasteiger partial charge is 0.323 e. The van der Waals surface area contributed by atoms with Crippen LogP contribution in [-0.4, -0.2) is 18.6 Å². The molecule has 1 unspecified atom stereocenters. The Bertz CT molecular complexity index is 426. The van der Waals surface area contributed by atoms with Gasteiger partial charge in [0.05, 0.1) is 11.1 Å². The van der Waals surface area contributed by atoms with Gasteiger partial charge >= 0.3 is 5.97 Å². The van der Waals surface area contributed by atoms with E-state index in [0.717, 1.165) is 6.07 Å². The van der Waals surface area contributed by atoms with E-state index in [4.69, 9.17) is 5.73 Å². The summed E-state index contributed by atoms with van der Waals surface area (Å²) in [7, 11) is 0. The molecule has 0 bridgehead atoms. The third-order valence-corrected chi connectivity index (χ3v) is 2.76. The van der Waals surface area contributed by atoms with Gasteiger partial charge in [0.15, 0.2) is 0 Å². The average Bonchev–Trinajstić information content (AvgIpc) is 2.29. The molecule has 2 N–H and O–H groups in total. The number of esters is 1.